The molecule has 0 unspecified atom stereocenters. The molecule has 0 aliphatic heterocycles. The van der Waals surface area contributed by atoms with Crippen molar-refractivity contribution in [1.29, 1.82) is 5.26 Å². The van der Waals surface area contributed by atoms with Gasteiger partial charge in [-0.05, 0) is 30.7 Å². The van der Waals surface area contributed by atoms with Gasteiger partial charge in [0.05, 0.1) is 11.6 Å². The highest BCUT2D eigenvalue weighted by atomic mass is 79.9. The fourth-order valence-electron chi connectivity index (χ4n) is 2.01. The van der Waals surface area contributed by atoms with E-state index in [1.165, 1.54) is 11.1 Å². The number of hydrogen-bond acceptors (Lipinski definition) is 4. The second kappa shape index (κ2) is 8.30. The normalized spacial score (nSPS) is 9.96. The molecule has 2 aromatic rings. The first-order chi connectivity index (χ1) is 11.1. The van der Waals surface area contributed by atoms with Gasteiger partial charge in [0.2, 0.25) is 5.88 Å². The summed E-state index contributed by atoms with van der Waals surface area (Å²) in [5.41, 5.74) is 0.440. The Hall–Kier alpha value is -2.39. The van der Waals surface area contributed by atoms with Gasteiger partial charge < -0.3 is 9.64 Å². The Bertz CT molecular complexity index is 711. The van der Waals surface area contributed by atoms with Crippen molar-refractivity contribution in [3.8, 4) is 17.7 Å². The summed E-state index contributed by atoms with van der Waals surface area (Å²) in [5.74, 6) is 0.861. The Morgan fingerprint density at radius 3 is 2.83 bits per heavy atom. The van der Waals surface area contributed by atoms with Crippen LogP contribution in [-0.2, 0) is 0 Å². The number of hydrogen-bond donors (Lipinski definition) is 0. The molecule has 0 atom stereocenters. The highest BCUT2D eigenvalue weighted by Crippen LogP contribution is 2.23. The van der Waals surface area contributed by atoms with Gasteiger partial charge >= 0.3 is 0 Å². The van der Waals surface area contributed by atoms with Crippen LogP contribution in [-0.4, -0.2) is 28.9 Å². The summed E-state index contributed by atoms with van der Waals surface area (Å²) in [5, 5.41) is 8.81. The Morgan fingerprint density at radius 2 is 2.22 bits per heavy atom. The second-order valence-corrected chi connectivity index (χ2v) is 5.75. The van der Waals surface area contributed by atoms with E-state index in [2.05, 4.69) is 20.9 Å². The molecule has 0 saturated heterocycles. The van der Waals surface area contributed by atoms with E-state index in [1.54, 1.807) is 12.1 Å². The van der Waals surface area contributed by atoms with Crippen molar-refractivity contribution < 1.29 is 9.53 Å². The molecule has 0 N–H and O–H groups in total. The smallest absolute Gasteiger partial charge is 0.256 e. The van der Waals surface area contributed by atoms with Gasteiger partial charge in [-0.2, -0.15) is 5.26 Å². The van der Waals surface area contributed by atoms with Crippen molar-refractivity contribution in [2.24, 2.45) is 0 Å². The molecular formula is C17H16BrN3O2. The number of carbonyl (C=O) groups excluding carboxylic acids is 1. The van der Waals surface area contributed by atoms with E-state index in [0.29, 0.717) is 23.7 Å². The number of amides is 1. The maximum atomic E-state index is 12.3. The van der Waals surface area contributed by atoms with E-state index in [4.69, 9.17) is 10.00 Å². The number of rotatable bonds is 6. The predicted molar refractivity (Wildman–Crippen MR) is 90.3 cm³/mol. The van der Waals surface area contributed by atoms with E-state index < -0.39 is 0 Å². The molecule has 2 rings (SSSR count). The highest BCUT2D eigenvalue weighted by molar-refractivity contribution is 9.10. The minimum atomic E-state index is -0.199. The number of halogens is 1. The van der Waals surface area contributed by atoms with Gasteiger partial charge in [0.15, 0.2) is 0 Å². The lowest BCUT2D eigenvalue weighted by Gasteiger charge is -2.18. The third-order valence-electron chi connectivity index (χ3n) is 3.04. The van der Waals surface area contributed by atoms with Crippen LogP contribution in [0.3, 0.4) is 0 Å². The van der Waals surface area contributed by atoms with E-state index in [-0.39, 0.29) is 12.5 Å². The summed E-state index contributed by atoms with van der Waals surface area (Å²) in [6, 6.07) is 12.7. The minimum absolute atomic E-state index is 0.0724. The standard InChI is InChI=1S/C17H16BrN3O2/c1-2-9-21(10-8-19)17(22)13-6-7-16(20-12-13)23-15-5-3-4-14(18)11-15/h3-7,11-12H,2,9-10H2,1H3. The Kier molecular flexibility index (Phi) is 6.12. The van der Waals surface area contributed by atoms with E-state index in [0.717, 1.165) is 10.9 Å². The van der Waals surface area contributed by atoms with E-state index in [9.17, 15) is 4.79 Å². The van der Waals surface area contributed by atoms with Crippen LogP contribution in [0.1, 0.15) is 23.7 Å². The van der Waals surface area contributed by atoms with Crippen molar-refractivity contribution in [2.45, 2.75) is 13.3 Å². The zero-order valence-corrected chi connectivity index (χ0v) is 14.3. The van der Waals surface area contributed by atoms with Crippen LogP contribution in [0.4, 0.5) is 0 Å². The van der Waals surface area contributed by atoms with Crippen LogP contribution in [0.15, 0.2) is 47.1 Å². The third-order valence-corrected chi connectivity index (χ3v) is 3.54. The van der Waals surface area contributed by atoms with Gasteiger partial charge in [0.1, 0.15) is 12.3 Å². The Morgan fingerprint density at radius 1 is 1.39 bits per heavy atom. The van der Waals surface area contributed by atoms with Crippen LogP contribution in [0.25, 0.3) is 0 Å². The van der Waals surface area contributed by atoms with Crippen molar-refractivity contribution >= 4 is 21.8 Å². The minimum Gasteiger partial charge on any atom is -0.439 e. The van der Waals surface area contributed by atoms with Crippen molar-refractivity contribution in [2.75, 3.05) is 13.1 Å². The Labute approximate surface area is 143 Å². The second-order valence-electron chi connectivity index (χ2n) is 4.83. The van der Waals surface area contributed by atoms with Crippen LogP contribution in [0.2, 0.25) is 0 Å². The molecule has 1 heterocycles. The summed E-state index contributed by atoms with van der Waals surface area (Å²) in [6.07, 6.45) is 2.26. The number of carbonyl (C=O) groups is 1. The summed E-state index contributed by atoms with van der Waals surface area (Å²) < 4.78 is 6.54. The molecule has 6 heteroatoms. The molecule has 1 aromatic heterocycles. The summed E-state index contributed by atoms with van der Waals surface area (Å²) in [4.78, 5) is 18.0. The van der Waals surface area contributed by atoms with Gasteiger partial charge in [-0.25, -0.2) is 4.98 Å². The van der Waals surface area contributed by atoms with Crippen molar-refractivity contribution in [3.63, 3.8) is 0 Å². The zero-order chi connectivity index (χ0) is 16.7. The zero-order valence-electron chi connectivity index (χ0n) is 12.7. The molecule has 0 radical (unpaired) electrons. The summed E-state index contributed by atoms with van der Waals surface area (Å²) >= 11 is 3.37. The number of nitrogens with zero attached hydrogens (tertiary/aromatic N) is 3. The SMILES string of the molecule is CCCN(CC#N)C(=O)c1ccc(Oc2cccc(Br)c2)nc1. The predicted octanol–water partition coefficient (Wildman–Crippen LogP) is 4.01. The largest absolute Gasteiger partial charge is 0.439 e. The van der Waals surface area contributed by atoms with E-state index in [1.807, 2.05) is 37.3 Å². The molecule has 1 amide bonds. The molecule has 118 valence electrons. The lowest BCUT2D eigenvalue weighted by Crippen LogP contribution is -2.32. The van der Waals surface area contributed by atoms with Gasteiger partial charge in [0.25, 0.3) is 5.91 Å². The van der Waals surface area contributed by atoms with Crippen molar-refractivity contribution in [1.82, 2.24) is 9.88 Å². The first kappa shape index (κ1) is 17.0. The lowest BCUT2D eigenvalue weighted by molar-refractivity contribution is 0.0775. The molecular weight excluding hydrogens is 358 g/mol. The third kappa shape index (κ3) is 4.80. The van der Waals surface area contributed by atoms with Crippen LogP contribution >= 0.6 is 15.9 Å². The average Bonchev–Trinajstić information content (AvgIpc) is 2.55. The summed E-state index contributed by atoms with van der Waals surface area (Å²) in [6.45, 7) is 2.58. The van der Waals surface area contributed by atoms with Crippen molar-refractivity contribution in [3.05, 3.63) is 52.6 Å². The van der Waals surface area contributed by atoms with Gasteiger partial charge in [0, 0.05) is 23.3 Å². The maximum Gasteiger partial charge on any atom is 0.256 e. The van der Waals surface area contributed by atoms with Gasteiger partial charge in [-0.3, -0.25) is 4.79 Å². The first-order valence-electron chi connectivity index (χ1n) is 7.19. The first-order valence-corrected chi connectivity index (χ1v) is 7.99. The number of nitriles is 1. The van der Waals surface area contributed by atoms with Gasteiger partial charge in [-0.15, -0.1) is 0 Å². The number of ether oxygens (including phenoxy) is 1. The highest BCUT2D eigenvalue weighted by Gasteiger charge is 2.15. The average molecular weight is 374 g/mol. The molecule has 0 fully saturated rings. The molecule has 0 aliphatic rings. The topological polar surface area (TPSA) is 66.2 Å². The molecule has 0 bridgehead atoms. The molecule has 23 heavy (non-hydrogen) atoms. The quantitative estimate of drug-likeness (QED) is 0.717. The molecule has 5 nitrogen and oxygen atoms in total. The van der Waals surface area contributed by atoms with Gasteiger partial charge in [-0.1, -0.05) is 28.9 Å². The Balaban J connectivity index is 2.09. The molecule has 0 saturated carbocycles. The maximum absolute atomic E-state index is 12.3. The fraction of sp³-hybridized carbons (Fsp3) is 0.235. The number of aromatic nitrogens is 1. The van der Waals surface area contributed by atoms with Crippen LogP contribution in [0, 0.1) is 11.3 Å². The number of pyridine rings is 1. The lowest BCUT2D eigenvalue weighted by atomic mass is 10.2. The van der Waals surface area contributed by atoms with E-state index >= 15 is 0 Å². The number of benzene rings is 1. The summed E-state index contributed by atoms with van der Waals surface area (Å²) in [7, 11) is 0. The molecule has 0 aliphatic carbocycles. The van der Waals surface area contributed by atoms with Crippen LogP contribution in [0.5, 0.6) is 11.6 Å². The molecule has 1 aromatic carbocycles. The molecule has 0 spiro atoms. The monoisotopic (exact) mass is 373 g/mol. The fourth-order valence-corrected chi connectivity index (χ4v) is 2.39. The van der Waals surface area contributed by atoms with Crippen LogP contribution < -0.4 is 4.74 Å².